The van der Waals surface area contributed by atoms with Crippen molar-refractivity contribution in [3.8, 4) is 0 Å². The normalized spacial score (nSPS) is 13.1. The number of aliphatic hydroxyl groups is 2. The molecule has 5 heteroatoms. The summed E-state index contributed by atoms with van der Waals surface area (Å²) >= 11 is 0. The van der Waals surface area contributed by atoms with E-state index in [2.05, 4.69) is 10.3 Å². The van der Waals surface area contributed by atoms with E-state index in [1.165, 1.54) is 0 Å². The first kappa shape index (κ1) is 11.4. The highest BCUT2D eigenvalue weighted by molar-refractivity contribution is 5.71. The van der Waals surface area contributed by atoms with Crippen LogP contribution >= 0.6 is 0 Å². The number of hydrogen-bond donors (Lipinski definition) is 3. The highest BCUT2D eigenvalue weighted by Gasteiger charge is 2.11. The fraction of sp³-hybridized carbons (Fsp3) is 0.857. The van der Waals surface area contributed by atoms with E-state index in [-0.39, 0.29) is 12.5 Å². The zero-order chi connectivity index (χ0) is 9.56. The van der Waals surface area contributed by atoms with Crippen molar-refractivity contribution >= 4 is 5.97 Å². The molecule has 72 valence electrons. The molecule has 0 heterocycles. The fourth-order valence-corrected chi connectivity index (χ4v) is 0.455. The Balaban J connectivity index is 3.44. The molecule has 0 saturated carbocycles. The van der Waals surface area contributed by atoms with Gasteiger partial charge in [0.05, 0.1) is 12.5 Å². The zero-order valence-corrected chi connectivity index (χ0v) is 7.28. The first-order valence-electron chi connectivity index (χ1n) is 3.87. The van der Waals surface area contributed by atoms with E-state index >= 15 is 0 Å². The van der Waals surface area contributed by atoms with Crippen LogP contribution in [0.1, 0.15) is 20.3 Å². The molecule has 0 saturated heterocycles. The SMILES string of the molecule is CCC(C)C(=O)ONCC(O)O. The summed E-state index contributed by atoms with van der Waals surface area (Å²) in [5.41, 5.74) is 2.15. The van der Waals surface area contributed by atoms with Gasteiger partial charge in [0.1, 0.15) is 0 Å². The van der Waals surface area contributed by atoms with Gasteiger partial charge in [0.2, 0.25) is 0 Å². The Morgan fingerprint density at radius 1 is 1.58 bits per heavy atom. The van der Waals surface area contributed by atoms with Gasteiger partial charge in [0.25, 0.3) is 0 Å². The van der Waals surface area contributed by atoms with E-state index in [1.807, 2.05) is 6.92 Å². The van der Waals surface area contributed by atoms with E-state index in [4.69, 9.17) is 10.2 Å². The molecule has 0 rings (SSSR count). The Morgan fingerprint density at radius 3 is 2.58 bits per heavy atom. The van der Waals surface area contributed by atoms with Crippen molar-refractivity contribution in [3.63, 3.8) is 0 Å². The van der Waals surface area contributed by atoms with Gasteiger partial charge in [0.15, 0.2) is 6.29 Å². The van der Waals surface area contributed by atoms with Gasteiger partial charge in [-0.05, 0) is 6.42 Å². The number of carbonyl (C=O) groups is 1. The third kappa shape index (κ3) is 5.06. The van der Waals surface area contributed by atoms with Crippen LogP contribution in [-0.2, 0) is 9.63 Å². The molecule has 0 aliphatic rings. The van der Waals surface area contributed by atoms with Crippen LogP contribution in [0.25, 0.3) is 0 Å². The van der Waals surface area contributed by atoms with Gasteiger partial charge < -0.3 is 15.1 Å². The van der Waals surface area contributed by atoms with Crippen LogP contribution in [0.5, 0.6) is 0 Å². The number of nitrogens with one attached hydrogen (secondary N) is 1. The summed E-state index contributed by atoms with van der Waals surface area (Å²) in [6.07, 6.45) is -0.808. The van der Waals surface area contributed by atoms with Gasteiger partial charge in [0, 0.05) is 0 Å². The average molecular weight is 177 g/mol. The summed E-state index contributed by atoms with van der Waals surface area (Å²) in [5, 5.41) is 16.7. The van der Waals surface area contributed by atoms with Crippen molar-refractivity contribution < 1.29 is 19.8 Å². The molecular weight excluding hydrogens is 162 g/mol. The van der Waals surface area contributed by atoms with Crippen molar-refractivity contribution in [1.29, 1.82) is 0 Å². The Hall–Kier alpha value is -0.650. The molecule has 3 N–H and O–H groups in total. The first-order chi connectivity index (χ1) is 5.57. The maximum atomic E-state index is 10.9. The van der Waals surface area contributed by atoms with Gasteiger partial charge in [-0.1, -0.05) is 13.8 Å². The minimum absolute atomic E-state index is 0.173. The van der Waals surface area contributed by atoms with E-state index < -0.39 is 12.3 Å². The molecule has 0 spiro atoms. The van der Waals surface area contributed by atoms with E-state index in [1.54, 1.807) is 6.92 Å². The molecule has 12 heavy (non-hydrogen) atoms. The van der Waals surface area contributed by atoms with E-state index in [9.17, 15) is 4.79 Å². The smallest absolute Gasteiger partial charge is 0.327 e. The van der Waals surface area contributed by atoms with Crippen molar-refractivity contribution in [3.05, 3.63) is 0 Å². The minimum atomic E-state index is -1.50. The zero-order valence-electron chi connectivity index (χ0n) is 7.28. The van der Waals surface area contributed by atoms with Crippen molar-refractivity contribution in [2.24, 2.45) is 5.92 Å². The molecule has 0 amide bonds. The van der Waals surface area contributed by atoms with E-state index in [0.29, 0.717) is 6.42 Å². The standard InChI is InChI=1S/C7H15NO4/c1-3-5(2)7(11)12-8-4-6(9)10/h5-6,8-10H,3-4H2,1-2H3. The molecule has 0 aromatic rings. The van der Waals surface area contributed by atoms with Gasteiger partial charge in [-0.25, -0.2) is 0 Å². The van der Waals surface area contributed by atoms with Crippen LogP contribution in [-0.4, -0.2) is 29.0 Å². The highest BCUT2D eigenvalue weighted by Crippen LogP contribution is 2.01. The van der Waals surface area contributed by atoms with Crippen molar-refractivity contribution in [2.45, 2.75) is 26.6 Å². The Kier molecular flexibility index (Phi) is 5.61. The molecular formula is C7H15NO4. The van der Waals surface area contributed by atoms with E-state index in [0.717, 1.165) is 0 Å². The number of carbonyl (C=O) groups excluding carboxylic acids is 1. The van der Waals surface area contributed by atoms with Gasteiger partial charge in [-0.2, -0.15) is 0 Å². The third-order valence-corrected chi connectivity index (χ3v) is 1.45. The minimum Gasteiger partial charge on any atom is -0.370 e. The molecule has 0 radical (unpaired) electrons. The molecule has 1 atom stereocenters. The van der Waals surface area contributed by atoms with Crippen molar-refractivity contribution in [2.75, 3.05) is 6.54 Å². The summed E-state index contributed by atoms with van der Waals surface area (Å²) in [7, 11) is 0. The van der Waals surface area contributed by atoms with Crippen LogP contribution in [0, 0.1) is 5.92 Å². The maximum absolute atomic E-state index is 10.9. The van der Waals surface area contributed by atoms with Gasteiger partial charge >= 0.3 is 5.97 Å². The largest absolute Gasteiger partial charge is 0.370 e. The Labute approximate surface area is 71.3 Å². The molecule has 0 aromatic heterocycles. The second-order valence-electron chi connectivity index (χ2n) is 2.56. The summed E-state index contributed by atoms with van der Waals surface area (Å²) in [5.74, 6) is -0.563. The Bertz CT molecular complexity index is 137. The van der Waals surface area contributed by atoms with Crippen molar-refractivity contribution in [1.82, 2.24) is 5.48 Å². The molecule has 5 nitrogen and oxygen atoms in total. The first-order valence-corrected chi connectivity index (χ1v) is 3.87. The summed E-state index contributed by atoms with van der Waals surface area (Å²) in [6, 6.07) is 0. The average Bonchev–Trinajstić information content (AvgIpc) is 2.02. The second-order valence-corrected chi connectivity index (χ2v) is 2.56. The number of aliphatic hydroxyl groups excluding tert-OH is 1. The molecule has 1 unspecified atom stereocenters. The number of hydrogen-bond acceptors (Lipinski definition) is 5. The topological polar surface area (TPSA) is 78.8 Å². The summed E-state index contributed by atoms with van der Waals surface area (Å²) in [4.78, 5) is 15.4. The predicted octanol–water partition coefficient (Wildman–Crippen LogP) is -0.609. The Morgan fingerprint density at radius 2 is 2.17 bits per heavy atom. The number of hydroxylamine groups is 1. The molecule has 0 aromatic carbocycles. The fourth-order valence-electron chi connectivity index (χ4n) is 0.455. The number of rotatable bonds is 5. The van der Waals surface area contributed by atoms with Crippen LogP contribution in [0.15, 0.2) is 0 Å². The quantitative estimate of drug-likeness (QED) is 0.385. The highest BCUT2D eigenvalue weighted by atomic mass is 16.7. The lowest BCUT2D eigenvalue weighted by Crippen LogP contribution is -2.30. The monoisotopic (exact) mass is 177 g/mol. The van der Waals surface area contributed by atoms with Crippen LogP contribution < -0.4 is 5.48 Å². The van der Waals surface area contributed by atoms with Crippen LogP contribution in [0.4, 0.5) is 0 Å². The molecule has 0 bridgehead atoms. The third-order valence-electron chi connectivity index (χ3n) is 1.45. The summed E-state index contributed by atoms with van der Waals surface area (Å²) in [6.45, 7) is 3.42. The second kappa shape index (κ2) is 5.93. The predicted molar refractivity (Wildman–Crippen MR) is 41.8 cm³/mol. The van der Waals surface area contributed by atoms with Gasteiger partial charge in [-0.15, -0.1) is 5.48 Å². The molecule has 0 aliphatic heterocycles. The lowest BCUT2D eigenvalue weighted by molar-refractivity contribution is -0.159. The maximum Gasteiger partial charge on any atom is 0.327 e. The molecule has 0 aliphatic carbocycles. The lowest BCUT2D eigenvalue weighted by atomic mass is 10.1. The molecule has 0 fully saturated rings. The van der Waals surface area contributed by atoms with Gasteiger partial charge in [-0.3, -0.25) is 4.79 Å². The van der Waals surface area contributed by atoms with Crippen LogP contribution in [0.3, 0.4) is 0 Å². The lowest BCUT2D eigenvalue weighted by Gasteiger charge is -2.09. The van der Waals surface area contributed by atoms with Crippen LogP contribution in [0.2, 0.25) is 0 Å². The summed E-state index contributed by atoms with van der Waals surface area (Å²) < 4.78 is 0.